The highest BCUT2D eigenvalue weighted by atomic mass is 16.2. The standard InChI is InChI=1S/C26H39N3O/c1-21(2)10-6-11-22(3)12-7-13-23(4)14-8-15-24(5)17-19-28-26(30)29-25-16-9-18-27-20-25/h9-10,12,14,16-18,20H,6-8,11,13,15,19H2,1-5H3,(H2,28,29,30)/b22-12+,23-14+,24-17+. The van der Waals surface area contributed by atoms with E-state index < -0.39 is 0 Å². The predicted molar refractivity (Wildman–Crippen MR) is 130 cm³/mol. The molecule has 2 amide bonds. The first-order valence-electron chi connectivity index (χ1n) is 10.9. The summed E-state index contributed by atoms with van der Waals surface area (Å²) < 4.78 is 0. The van der Waals surface area contributed by atoms with Gasteiger partial charge in [-0.2, -0.15) is 0 Å². The van der Waals surface area contributed by atoms with Gasteiger partial charge in [-0.05, 0) is 85.3 Å². The molecule has 4 nitrogen and oxygen atoms in total. The highest BCUT2D eigenvalue weighted by Crippen LogP contribution is 2.13. The smallest absolute Gasteiger partial charge is 0.319 e. The first-order chi connectivity index (χ1) is 14.4. The number of amides is 2. The number of carbonyl (C=O) groups is 1. The first kappa shape index (κ1) is 25.4. The number of aromatic nitrogens is 1. The van der Waals surface area contributed by atoms with Gasteiger partial charge in [0.15, 0.2) is 0 Å². The van der Waals surface area contributed by atoms with Crippen molar-refractivity contribution >= 4 is 11.7 Å². The first-order valence-corrected chi connectivity index (χ1v) is 10.9. The Labute approximate surface area is 183 Å². The van der Waals surface area contributed by atoms with Crippen LogP contribution in [0.5, 0.6) is 0 Å². The van der Waals surface area contributed by atoms with Crippen LogP contribution >= 0.6 is 0 Å². The van der Waals surface area contributed by atoms with Gasteiger partial charge in [0, 0.05) is 12.7 Å². The van der Waals surface area contributed by atoms with Crippen LogP contribution in [0.2, 0.25) is 0 Å². The molecule has 4 heteroatoms. The third-order valence-electron chi connectivity index (χ3n) is 4.79. The Morgan fingerprint density at radius 3 is 1.97 bits per heavy atom. The van der Waals surface area contributed by atoms with E-state index in [9.17, 15) is 4.79 Å². The molecule has 0 saturated heterocycles. The Morgan fingerprint density at radius 1 is 0.867 bits per heavy atom. The summed E-state index contributed by atoms with van der Waals surface area (Å²) in [4.78, 5) is 15.8. The maximum absolute atomic E-state index is 11.8. The van der Waals surface area contributed by atoms with Gasteiger partial charge in [0.1, 0.15) is 0 Å². The molecule has 0 bridgehead atoms. The molecule has 0 aliphatic carbocycles. The third kappa shape index (κ3) is 13.5. The molecule has 1 heterocycles. The van der Waals surface area contributed by atoms with Crippen molar-refractivity contribution in [2.24, 2.45) is 0 Å². The van der Waals surface area contributed by atoms with Gasteiger partial charge in [-0.25, -0.2) is 4.79 Å². The molecule has 0 unspecified atom stereocenters. The normalized spacial score (nSPS) is 12.5. The molecule has 2 N–H and O–H groups in total. The maximum atomic E-state index is 11.8. The fourth-order valence-electron chi connectivity index (χ4n) is 2.92. The Morgan fingerprint density at radius 2 is 1.43 bits per heavy atom. The zero-order valence-corrected chi connectivity index (χ0v) is 19.4. The number of nitrogens with one attached hydrogen (secondary N) is 2. The molecule has 1 aromatic heterocycles. The average Bonchev–Trinajstić information content (AvgIpc) is 2.68. The van der Waals surface area contributed by atoms with E-state index in [1.54, 1.807) is 18.5 Å². The van der Waals surface area contributed by atoms with Crippen LogP contribution in [0.1, 0.15) is 73.1 Å². The Balaban J connectivity index is 2.21. The molecule has 0 aliphatic rings. The molecule has 0 saturated carbocycles. The lowest BCUT2D eigenvalue weighted by atomic mass is 10.0. The second kappa shape index (κ2) is 15.3. The van der Waals surface area contributed by atoms with E-state index in [1.165, 1.54) is 22.3 Å². The summed E-state index contributed by atoms with van der Waals surface area (Å²) in [5.74, 6) is 0. The van der Waals surface area contributed by atoms with Crippen LogP contribution < -0.4 is 10.6 Å². The number of allylic oxidation sites excluding steroid dienone is 7. The number of nitrogens with zero attached hydrogens (tertiary/aromatic N) is 1. The van der Waals surface area contributed by atoms with Crippen molar-refractivity contribution in [1.82, 2.24) is 10.3 Å². The van der Waals surface area contributed by atoms with E-state index in [4.69, 9.17) is 0 Å². The molecular formula is C26H39N3O. The number of rotatable bonds is 12. The zero-order valence-electron chi connectivity index (χ0n) is 19.4. The Hall–Kier alpha value is -2.62. The predicted octanol–water partition coefficient (Wildman–Crippen LogP) is 7.35. The van der Waals surface area contributed by atoms with Crippen LogP contribution in [-0.2, 0) is 0 Å². The van der Waals surface area contributed by atoms with E-state index in [1.807, 2.05) is 6.07 Å². The largest absolute Gasteiger partial charge is 0.334 e. The molecule has 0 atom stereocenters. The van der Waals surface area contributed by atoms with Crippen LogP contribution in [0, 0.1) is 0 Å². The summed E-state index contributed by atoms with van der Waals surface area (Å²) in [5.41, 5.74) is 6.31. The quantitative estimate of drug-likeness (QED) is 0.355. The molecule has 1 aromatic rings. The average molecular weight is 410 g/mol. The van der Waals surface area contributed by atoms with Gasteiger partial charge < -0.3 is 10.6 Å². The zero-order chi connectivity index (χ0) is 22.2. The van der Waals surface area contributed by atoms with Crippen molar-refractivity contribution in [3.05, 3.63) is 71.1 Å². The minimum absolute atomic E-state index is 0.216. The van der Waals surface area contributed by atoms with E-state index >= 15 is 0 Å². The molecule has 0 spiro atoms. The van der Waals surface area contributed by atoms with Gasteiger partial charge in [-0.1, -0.05) is 46.6 Å². The maximum Gasteiger partial charge on any atom is 0.319 e. The van der Waals surface area contributed by atoms with Gasteiger partial charge >= 0.3 is 6.03 Å². The topological polar surface area (TPSA) is 54.0 Å². The molecule has 1 rings (SSSR count). The minimum atomic E-state index is -0.216. The highest BCUT2D eigenvalue weighted by molar-refractivity contribution is 5.89. The highest BCUT2D eigenvalue weighted by Gasteiger charge is 1.99. The van der Waals surface area contributed by atoms with E-state index in [0.29, 0.717) is 12.2 Å². The van der Waals surface area contributed by atoms with Gasteiger partial charge in [0.05, 0.1) is 11.9 Å². The minimum Gasteiger partial charge on any atom is -0.334 e. The molecule has 164 valence electrons. The molecule has 0 aromatic carbocycles. The van der Waals surface area contributed by atoms with Gasteiger partial charge in [0.25, 0.3) is 0 Å². The van der Waals surface area contributed by atoms with Crippen LogP contribution in [-0.4, -0.2) is 17.6 Å². The van der Waals surface area contributed by atoms with Crippen molar-refractivity contribution in [2.45, 2.75) is 73.1 Å². The van der Waals surface area contributed by atoms with Crippen molar-refractivity contribution in [3.63, 3.8) is 0 Å². The second-order valence-electron chi connectivity index (χ2n) is 8.13. The van der Waals surface area contributed by atoms with Crippen molar-refractivity contribution in [3.8, 4) is 0 Å². The van der Waals surface area contributed by atoms with Crippen LogP contribution in [0.25, 0.3) is 0 Å². The summed E-state index contributed by atoms with van der Waals surface area (Å²) in [6.07, 6.45) is 19.0. The summed E-state index contributed by atoms with van der Waals surface area (Å²) in [5, 5.41) is 5.60. The van der Waals surface area contributed by atoms with Crippen LogP contribution in [0.3, 0.4) is 0 Å². The fourth-order valence-corrected chi connectivity index (χ4v) is 2.92. The summed E-state index contributed by atoms with van der Waals surface area (Å²) in [6.45, 7) is 11.4. The summed E-state index contributed by atoms with van der Waals surface area (Å²) in [7, 11) is 0. The Kier molecular flexibility index (Phi) is 12.9. The number of hydrogen-bond acceptors (Lipinski definition) is 2. The lowest BCUT2D eigenvalue weighted by Gasteiger charge is -2.06. The molecule has 30 heavy (non-hydrogen) atoms. The van der Waals surface area contributed by atoms with Gasteiger partial charge in [-0.3, -0.25) is 4.98 Å². The van der Waals surface area contributed by atoms with Crippen LogP contribution in [0.4, 0.5) is 10.5 Å². The molecule has 0 radical (unpaired) electrons. The monoisotopic (exact) mass is 409 g/mol. The number of hydrogen-bond donors (Lipinski definition) is 2. The summed E-state index contributed by atoms with van der Waals surface area (Å²) in [6, 6.07) is 3.38. The van der Waals surface area contributed by atoms with Gasteiger partial charge in [0.2, 0.25) is 0 Å². The van der Waals surface area contributed by atoms with Crippen LogP contribution in [0.15, 0.2) is 71.1 Å². The summed E-state index contributed by atoms with van der Waals surface area (Å²) >= 11 is 0. The third-order valence-corrected chi connectivity index (χ3v) is 4.79. The molecular weight excluding hydrogens is 370 g/mol. The SMILES string of the molecule is CC(C)=CCC/C(C)=C/CC/C(C)=C/CC/C(C)=C/CNC(=O)Nc1cccnc1. The molecule has 0 aliphatic heterocycles. The number of carbonyl (C=O) groups excluding carboxylic acids is 1. The van der Waals surface area contributed by atoms with Crippen molar-refractivity contribution in [1.29, 1.82) is 0 Å². The van der Waals surface area contributed by atoms with E-state index in [-0.39, 0.29) is 6.03 Å². The van der Waals surface area contributed by atoms with Crippen molar-refractivity contribution in [2.75, 3.05) is 11.9 Å². The second-order valence-corrected chi connectivity index (χ2v) is 8.13. The van der Waals surface area contributed by atoms with E-state index in [0.717, 1.165) is 38.5 Å². The van der Waals surface area contributed by atoms with E-state index in [2.05, 4.69) is 74.5 Å². The van der Waals surface area contributed by atoms with Gasteiger partial charge in [-0.15, -0.1) is 0 Å². The Bertz CT molecular complexity index is 754. The van der Waals surface area contributed by atoms with Crippen molar-refractivity contribution < 1.29 is 4.79 Å². The number of anilines is 1. The number of pyridine rings is 1. The number of urea groups is 1. The molecule has 0 fully saturated rings. The fraction of sp³-hybridized carbons (Fsp3) is 0.462. The lowest BCUT2D eigenvalue weighted by Crippen LogP contribution is -2.28. The lowest BCUT2D eigenvalue weighted by molar-refractivity contribution is 0.253.